The van der Waals surface area contributed by atoms with E-state index >= 15 is 0 Å². The van der Waals surface area contributed by atoms with Crippen molar-refractivity contribution in [2.24, 2.45) is 0 Å². The quantitative estimate of drug-likeness (QED) is 0.354. The highest BCUT2D eigenvalue weighted by atomic mass is 35.5. The second-order valence-corrected chi connectivity index (χ2v) is 11.7. The van der Waals surface area contributed by atoms with Gasteiger partial charge in [0.2, 0.25) is 21.8 Å². The minimum Gasteiger partial charge on any atom is -0.355 e. The van der Waals surface area contributed by atoms with Crippen molar-refractivity contribution in [1.82, 2.24) is 10.2 Å². The van der Waals surface area contributed by atoms with Crippen molar-refractivity contribution in [3.8, 4) is 0 Å². The summed E-state index contributed by atoms with van der Waals surface area (Å²) < 4.78 is 26.6. The zero-order chi connectivity index (χ0) is 27.9. The number of carbonyl (C=O) groups is 2. The molecule has 10 heteroatoms. The molecule has 0 aliphatic heterocycles. The monoisotopic (exact) mass is 575 g/mol. The Morgan fingerprint density at radius 3 is 2.18 bits per heavy atom. The standard InChI is InChI=1S/C28H31Cl2N3O4S/c1-4-31-28(35)26(16-21-8-6-5-7-9-21)32(18-22-11-13-23(29)14-12-22)27(34)19-33(38(3,36)37)24-15-10-20(2)25(30)17-24/h5-15,17,26H,4,16,18-19H2,1-3H3,(H,31,35)/t26-/m1/s1. The molecule has 0 unspecified atom stereocenters. The highest BCUT2D eigenvalue weighted by molar-refractivity contribution is 7.92. The fraction of sp³-hybridized carbons (Fsp3) is 0.286. The predicted octanol–water partition coefficient (Wildman–Crippen LogP) is 4.84. The lowest BCUT2D eigenvalue weighted by atomic mass is 10.0. The summed E-state index contributed by atoms with van der Waals surface area (Å²) in [6, 6.07) is 20.2. The van der Waals surface area contributed by atoms with Gasteiger partial charge in [-0.15, -0.1) is 0 Å². The number of amides is 2. The molecule has 0 saturated carbocycles. The molecule has 0 aromatic heterocycles. The largest absolute Gasteiger partial charge is 0.355 e. The second-order valence-electron chi connectivity index (χ2n) is 8.95. The van der Waals surface area contributed by atoms with Crippen molar-refractivity contribution in [1.29, 1.82) is 0 Å². The van der Waals surface area contributed by atoms with Gasteiger partial charge in [-0.1, -0.05) is 71.7 Å². The summed E-state index contributed by atoms with van der Waals surface area (Å²) in [5.74, 6) is -0.864. The fourth-order valence-corrected chi connectivity index (χ4v) is 5.13. The molecule has 0 aliphatic rings. The molecular formula is C28H31Cl2N3O4S. The van der Waals surface area contributed by atoms with Crippen LogP contribution in [-0.4, -0.2) is 50.5 Å². The van der Waals surface area contributed by atoms with Gasteiger partial charge in [0.25, 0.3) is 0 Å². The number of hydrogen-bond acceptors (Lipinski definition) is 4. The Bertz CT molecular complexity index is 1370. The number of rotatable bonds is 11. The van der Waals surface area contributed by atoms with Gasteiger partial charge in [0.05, 0.1) is 11.9 Å². The minimum absolute atomic E-state index is 0.0803. The van der Waals surface area contributed by atoms with Crippen molar-refractivity contribution in [3.63, 3.8) is 0 Å². The molecule has 0 fully saturated rings. The zero-order valence-electron chi connectivity index (χ0n) is 21.5. The van der Waals surface area contributed by atoms with E-state index in [1.54, 1.807) is 50.2 Å². The molecule has 1 N–H and O–H groups in total. The van der Waals surface area contributed by atoms with Gasteiger partial charge in [-0.2, -0.15) is 0 Å². The van der Waals surface area contributed by atoms with E-state index in [9.17, 15) is 18.0 Å². The summed E-state index contributed by atoms with van der Waals surface area (Å²) in [6.45, 7) is 3.56. The van der Waals surface area contributed by atoms with Crippen LogP contribution >= 0.6 is 23.2 Å². The second kappa shape index (κ2) is 13.1. The van der Waals surface area contributed by atoms with E-state index in [0.717, 1.165) is 27.3 Å². The summed E-state index contributed by atoms with van der Waals surface area (Å²) in [4.78, 5) is 28.6. The highest BCUT2D eigenvalue weighted by Crippen LogP contribution is 2.26. The molecule has 0 bridgehead atoms. The maximum atomic E-state index is 13.9. The molecule has 0 heterocycles. The van der Waals surface area contributed by atoms with Crippen LogP contribution in [-0.2, 0) is 32.6 Å². The Labute approximate surface area is 234 Å². The van der Waals surface area contributed by atoms with Crippen LogP contribution in [0.5, 0.6) is 0 Å². The Morgan fingerprint density at radius 2 is 1.61 bits per heavy atom. The third-order valence-electron chi connectivity index (χ3n) is 6.01. The number of likely N-dealkylation sites (N-methyl/N-ethyl adjacent to an activating group) is 1. The van der Waals surface area contributed by atoms with Gasteiger partial charge < -0.3 is 10.2 Å². The summed E-state index contributed by atoms with van der Waals surface area (Å²) in [5.41, 5.74) is 2.65. The van der Waals surface area contributed by atoms with E-state index < -0.39 is 28.5 Å². The van der Waals surface area contributed by atoms with E-state index in [0.29, 0.717) is 16.6 Å². The van der Waals surface area contributed by atoms with E-state index in [2.05, 4.69) is 5.32 Å². The maximum Gasteiger partial charge on any atom is 0.244 e. The molecule has 0 radical (unpaired) electrons. The number of anilines is 1. The lowest BCUT2D eigenvalue weighted by Gasteiger charge is -2.33. The van der Waals surface area contributed by atoms with Crippen LogP contribution in [0, 0.1) is 6.92 Å². The Kier molecular flexibility index (Phi) is 10.2. The molecular weight excluding hydrogens is 545 g/mol. The summed E-state index contributed by atoms with van der Waals surface area (Å²) in [7, 11) is -3.86. The molecule has 1 atom stereocenters. The zero-order valence-corrected chi connectivity index (χ0v) is 23.9. The van der Waals surface area contributed by atoms with Crippen LogP contribution in [0.25, 0.3) is 0 Å². The van der Waals surface area contributed by atoms with Gasteiger partial charge >= 0.3 is 0 Å². The molecule has 0 spiro atoms. The molecule has 3 rings (SSSR count). The van der Waals surface area contributed by atoms with Crippen LogP contribution in [0.15, 0.2) is 72.8 Å². The molecule has 0 saturated heterocycles. The van der Waals surface area contributed by atoms with E-state index in [-0.39, 0.29) is 24.6 Å². The number of hydrogen-bond donors (Lipinski definition) is 1. The van der Waals surface area contributed by atoms with Crippen LogP contribution in [0.3, 0.4) is 0 Å². The van der Waals surface area contributed by atoms with Gasteiger partial charge in [-0.3, -0.25) is 13.9 Å². The first-order valence-corrected chi connectivity index (χ1v) is 14.7. The smallest absolute Gasteiger partial charge is 0.244 e. The van der Waals surface area contributed by atoms with Crippen molar-refractivity contribution >= 4 is 50.7 Å². The van der Waals surface area contributed by atoms with Crippen LogP contribution in [0.1, 0.15) is 23.6 Å². The van der Waals surface area contributed by atoms with Gasteiger partial charge in [0.15, 0.2) is 0 Å². The molecule has 7 nitrogen and oxygen atoms in total. The first kappa shape index (κ1) is 29.5. The lowest BCUT2D eigenvalue weighted by Crippen LogP contribution is -2.53. The first-order chi connectivity index (χ1) is 18.0. The topological polar surface area (TPSA) is 86.8 Å². The van der Waals surface area contributed by atoms with Gasteiger partial charge in [-0.25, -0.2) is 8.42 Å². The Hall–Kier alpha value is -3.07. The molecule has 0 aliphatic carbocycles. The fourth-order valence-electron chi connectivity index (χ4n) is 3.98. The molecule has 3 aromatic rings. The Morgan fingerprint density at radius 1 is 0.947 bits per heavy atom. The summed E-state index contributed by atoms with van der Waals surface area (Å²) >= 11 is 12.3. The number of aryl methyl sites for hydroxylation is 1. The number of nitrogens with zero attached hydrogens (tertiary/aromatic N) is 2. The number of carbonyl (C=O) groups excluding carboxylic acids is 2. The van der Waals surface area contributed by atoms with Crippen LogP contribution in [0.4, 0.5) is 5.69 Å². The Balaban J connectivity index is 2.04. The normalized spacial score (nSPS) is 12.0. The SMILES string of the molecule is CCNC(=O)[C@@H](Cc1ccccc1)N(Cc1ccc(Cl)cc1)C(=O)CN(c1ccc(C)c(Cl)c1)S(C)(=O)=O. The third kappa shape index (κ3) is 7.96. The number of sulfonamides is 1. The first-order valence-electron chi connectivity index (χ1n) is 12.1. The minimum atomic E-state index is -3.86. The maximum absolute atomic E-state index is 13.9. The van der Waals surface area contributed by atoms with Crippen molar-refractivity contribution < 1.29 is 18.0 Å². The molecule has 3 aromatic carbocycles. The average molecular weight is 577 g/mol. The van der Waals surface area contributed by atoms with E-state index in [4.69, 9.17) is 23.2 Å². The summed E-state index contributed by atoms with van der Waals surface area (Å²) in [6.07, 6.45) is 1.28. The van der Waals surface area contributed by atoms with Crippen molar-refractivity contribution in [3.05, 3.63) is 99.5 Å². The third-order valence-corrected chi connectivity index (χ3v) is 7.81. The number of nitrogens with one attached hydrogen (secondary N) is 1. The summed E-state index contributed by atoms with van der Waals surface area (Å²) in [5, 5.41) is 3.74. The average Bonchev–Trinajstić information content (AvgIpc) is 2.87. The highest BCUT2D eigenvalue weighted by Gasteiger charge is 2.33. The molecule has 2 amide bonds. The van der Waals surface area contributed by atoms with Gasteiger partial charge in [-0.05, 0) is 54.8 Å². The molecule has 38 heavy (non-hydrogen) atoms. The van der Waals surface area contributed by atoms with Crippen LogP contribution in [0.2, 0.25) is 10.0 Å². The van der Waals surface area contributed by atoms with E-state index in [1.807, 2.05) is 30.3 Å². The van der Waals surface area contributed by atoms with Crippen molar-refractivity contribution in [2.45, 2.75) is 32.9 Å². The predicted molar refractivity (Wildman–Crippen MR) is 153 cm³/mol. The molecule has 202 valence electrons. The van der Waals surface area contributed by atoms with Crippen LogP contribution < -0.4 is 9.62 Å². The number of benzene rings is 3. The van der Waals surface area contributed by atoms with Crippen molar-refractivity contribution in [2.75, 3.05) is 23.7 Å². The van der Waals surface area contributed by atoms with E-state index in [1.165, 1.54) is 11.0 Å². The van der Waals surface area contributed by atoms with Gasteiger partial charge in [0.1, 0.15) is 12.6 Å². The number of halogens is 2. The van der Waals surface area contributed by atoms with Gasteiger partial charge in [0, 0.05) is 29.6 Å². The lowest BCUT2D eigenvalue weighted by molar-refractivity contribution is -0.140.